The van der Waals surface area contributed by atoms with Crippen LogP contribution < -0.4 is 5.32 Å². The molecule has 1 aromatic heterocycles. The predicted molar refractivity (Wildman–Crippen MR) is 73.6 cm³/mol. The van der Waals surface area contributed by atoms with Gasteiger partial charge in [0, 0.05) is 12.0 Å². The molecule has 0 aliphatic heterocycles. The zero-order valence-electron chi connectivity index (χ0n) is 11.1. The molecule has 2 aromatic rings. The van der Waals surface area contributed by atoms with E-state index in [9.17, 15) is 0 Å². The predicted octanol–water partition coefficient (Wildman–Crippen LogP) is 3.34. The van der Waals surface area contributed by atoms with Crippen molar-refractivity contribution >= 4 is 11.0 Å². The van der Waals surface area contributed by atoms with Crippen LogP contribution in [0.15, 0.2) is 34.7 Å². The average molecular weight is 247 g/mol. The smallest absolute Gasteiger partial charge is 0.134 e. The fourth-order valence-electron chi connectivity index (χ4n) is 1.85. The number of hydrogen-bond acceptors (Lipinski definition) is 3. The van der Waals surface area contributed by atoms with Gasteiger partial charge in [0.05, 0.1) is 12.6 Å². The lowest BCUT2D eigenvalue weighted by atomic mass is 10.2. The van der Waals surface area contributed by atoms with Crippen LogP contribution >= 0.6 is 0 Å². The summed E-state index contributed by atoms with van der Waals surface area (Å²) in [7, 11) is 0. The van der Waals surface area contributed by atoms with E-state index in [4.69, 9.17) is 9.15 Å². The van der Waals surface area contributed by atoms with Crippen molar-refractivity contribution in [2.75, 3.05) is 13.2 Å². The maximum Gasteiger partial charge on any atom is 0.134 e. The Morgan fingerprint density at radius 2 is 2.11 bits per heavy atom. The van der Waals surface area contributed by atoms with Crippen LogP contribution in [0.25, 0.3) is 11.0 Å². The van der Waals surface area contributed by atoms with Gasteiger partial charge in [-0.05, 0) is 38.9 Å². The summed E-state index contributed by atoms with van der Waals surface area (Å²) in [6, 6.07) is 10.2. The fourth-order valence-corrected chi connectivity index (χ4v) is 1.85. The minimum Gasteiger partial charge on any atom is -0.460 e. The lowest BCUT2D eigenvalue weighted by molar-refractivity contribution is 0.0770. The SMILES string of the molecule is CC(C)OCCCNCc1cc2ccccc2o1. The van der Waals surface area contributed by atoms with Crippen molar-refractivity contribution in [1.29, 1.82) is 0 Å². The average Bonchev–Trinajstić information content (AvgIpc) is 2.75. The molecule has 0 radical (unpaired) electrons. The van der Waals surface area contributed by atoms with Crippen molar-refractivity contribution in [3.05, 3.63) is 36.1 Å². The van der Waals surface area contributed by atoms with E-state index in [1.165, 1.54) is 0 Å². The maximum atomic E-state index is 5.72. The second-order valence-electron chi connectivity index (χ2n) is 4.70. The van der Waals surface area contributed by atoms with E-state index in [1.54, 1.807) is 0 Å². The van der Waals surface area contributed by atoms with E-state index in [2.05, 4.69) is 31.3 Å². The molecule has 3 nitrogen and oxygen atoms in total. The zero-order valence-corrected chi connectivity index (χ0v) is 11.1. The standard InChI is InChI=1S/C15H21NO2/c1-12(2)17-9-5-8-16-11-14-10-13-6-3-4-7-15(13)18-14/h3-4,6-7,10,12,16H,5,8-9,11H2,1-2H3. The van der Waals surface area contributed by atoms with Crippen LogP contribution in [0.1, 0.15) is 26.0 Å². The molecule has 0 spiro atoms. The molecule has 0 aliphatic carbocycles. The van der Waals surface area contributed by atoms with Gasteiger partial charge in [0.1, 0.15) is 11.3 Å². The van der Waals surface area contributed by atoms with E-state index in [-0.39, 0.29) is 0 Å². The Balaban J connectivity index is 1.70. The number of furan rings is 1. The van der Waals surface area contributed by atoms with E-state index < -0.39 is 0 Å². The normalized spacial score (nSPS) is 11.5. The molecular weight excluding hydrogens is 226 g/mol. The van der Waals surface area contributed by atoms with Crippen LogP contribution in [-0.2, 0) is 11.3 Å². The van der Waals surface area contributed by atoms with Gasteiger partial charge in [0.2, 0.25) is 0 Å². The van der Waals surface area contributed by atoms with Crippen LogP contribution in [0.3, 0.4) is 0 Å². The lowest BCUT2D eigenvalue weighted by Gasteiger charge is -2.07. The lowest BCUT2D eigenvalue weighted by Crippen LogP contribution is -2.17. The second kappa shape index (κ2) is 6.57. The minimum absolute atomic E-state index is 0.320. The largest absolute Gasteiger partial charge is 0.460 e. The highest BCUT2D eigenvalue weighted by molar-refractivity contribution is 5.77. The molecular formula is C15H21NO2. The third kappa shape index (κ3) is 3.86. The highest BCUT2D eigenvalue weighted by atomic mass is 16.5. The van der Waals surface area contributed by atoms with Gasteiger partial charge in [0.15, 0.2) is 0 Å². The molecule has 1 N–H and O–H groups in total. The molecule has 1 aromatic carbocycles. The first kappa shape index (κ1) is 13.1. The molecule has 1 heterocycles. The molecule has 0 saturated heterocycles. The summed E-state index contributed by atoms with van der Waals surface area (Å²) >= 11 is 0. The third-order valence-electron chi connectivity index (χ3n) is 2.72. The third-order valence-corrected chi connectivity index (χ3v) is 2.72. The highest BCUT2D eigenvalue weighted by Crippen LogP contribution is 2.18. The van der Waals surface area contributed by atoms with Crippen LogP contribution in [0.5, 0.6) is 0 Å². The number of benzene rings is 1. The molecule has 0 saturated carbocycles. The Kier molecular flexibility index (Phi) is 4.79. The summed E-state index contributed by atoms with van der Waals surface area (Å²) in [4.78, 5) is 0. The van der Waals surface area contributed by atoms with Gasteiger partial charge in [0.25, 0.3) is 0 Å². The number of hydrogen-bond donors (Lipinski definition) is 1. The van der Waals surface area contributed by atoms with E-state index >= 15 is 0 Å². The van der Waals surface area contributed by atoms with E-state index in [1.807, 2.05) is 18.2 Å². The summed E-state index contributed by atoms with van der Waals surface area (Å²) in [6.45, 7) is 6.65. The van der Waals surface area contributed by atoms with Gasteiger partial charge >= 0.3 is 0 Å². The molecule has 0 atom stereocenters. The van der Waals surface area contributed by atoms with Gasteiger partial charge < -0.3 is 14.5 Å². The Bertz CT molecular complexity index is 443. The van der Waals surface area contributed by atoms with E-state index in [0.29, 0.717) is 6.10 Å². The first-order valence-electron chi connectivity index (χ1n) is 6.55. The van der Waals surface area contributed by atoms with Crippen LogP contribution in [0, 0.1) is 0 Å². The monoisotopic (exact) mass is 247 g/mol. The van der Waals surface area contributed by atoms with Gasteiger partial charge in [-0.1, -0.05) is 18.2 Å². The summed E-state index contributed by atoms with van der Waals surface area (Å²) in [5, 5.41) is 4.53. The Labute approximate surface area is 108 Å². The maximum absolute atomic E-state index is 5.72. The Morgan fingerprint density at radius 3 is 2.89 bits per heavy atom. The van der Waals surface area contributed by atoms with Crippen molar-refractivity contribution in [1.82, 2.24) is 5.32 Å². The van der Waals surface area contributed by atoms with Gasteiger partial charge in [-0.15, -0.1) is 0 Å². The van der Waals surface area contributed by atoms with Crippen LogP contribution in [-0.4, -0.2) is 19.3 Å². The number of nitrogens with one attached hydrogen (secondary N) is 1. The molecule has 0 bridgehead atoms. The quantitative estimate of drug-likeness (QED) is 0.762. The number of fused-ring (bicyclic) bond motifs is 1. The van der Waals surface area contributed by atoms with Crippen molar-refractivity contribution in [2.45, 2.75) is 32.9 Å². The van der Waals surface area contributed by atoms with Crippen molar-refractivity contribution in [3.63, 3.8) is 0 Å². The van der Waals surface area contributed by atoms with Crippen molar-refractivity contribution in [2.24, 2.45) is 0 Å². The topological polar surface area (TPSA) is 34.4 Å². The molecule has 3 heteroatoms. The van der Waals surface area contributed by atoms with Gasteiger partial charge in [-0.3, -0.25) is 0 Å². The van der Waals surface area contributed by atoms with Gasteiger partial charge in [-0.25, -0.2) is 0 Å². The molecule has 98 valence electrons. The van der Waals surface area contributed by atoms with Gasteiger partial charge in [-0.2, -0.15) is 0 Å². The summed E-state index contributed by atoms with van der Waals surface area (Å²) in [5.74, 6) is 0.987. The fraction of sp³-hybridized carbons (Fsp3) is 0.467. The molecule has 0 amide bonds. The molecule has 0 unspecified atom stereocenters. The number of rotatable bonds is 7. The molecule has 0 aliphatic rings. The summed E-state index contributed by atoms with van der Waals surface area (Å²) in [5.41, 5.74) is 0.956. The number of ether oxygens (including phenoxy) is 1. The Hall–Kier alpha value is -1.32. The van der Waals surface area contributed by atoms with Crippen molar-refractivity contribution in [3.8, 4) is 0 Å². The first-order valence-corrected chi connectivity index (χ1v) is 6.55. The van der Waals surface area contributed by atoms with Crippen molar-refractivity contribution < 1.29 is 9.15 Å². The summed E-state index contributed by atoms with van der Waals surface area (Å²) in [6.07, 6.45) is 1.35. The zero-order chi connectivity index (χ0) is 12.8. The van der Waals surface area contributed by atoms with Crippen LogP contribution in [0.4, 0.5) is 0 Å². The molecule has 2 rings (SSSR count). The molecule has 0 fully saturated rings. The van der Waals surface area contributed by atoms with Crippen LogP contribution in [0.2, 0.25) is 0 Å². The first-order chi connectivity index (χ1) is 8.75. The number of para-hydroxylation sites is 1. The highest BCUT2D eigenvalue weighted by Gasteiger charge is 2.01. The minimum atomic E-state index is 0.320. The molecule has 18 heavy (non-hydrogen) atoms. The summed E-state index contributed by atoms with van der Waals surface area (Å²) < 4.78 is 11.2. The second-order valence-corrected chi connectivity index (χ2v) is 4.70. The Morgan fingerprint density at radius 1 is 1.28 bits per heavy atom. The van der Waals surface area contributed by atoms with E-state index in [0.717, 1.165) is 42.8 Å².